The van der Waals surface area contributed by atoms with Crippen LogP contribution in [0.25, 0.3) is 0 Å². The maximum Gasteiger partial charge on any atom is 0.317 e. The van der Waals surface area contributed by atoms with Crippen molar-refractivity contribution in [1.82, 2.24) is 15.1 Å². The molecule has 1 atom stereocenters. The minimum Gasteiger partial charge on any atom is -0.480 e. The lowest BCUT2D eigenvalue weighted by Gasteiger charge is -2.33. The Balaban J connectivity index is 2.21. The highest BCUT2D eigenvalue weighted by molar-refractivity contribution is 5.78. The van der Waals surface area contributed by atoms with E-state index in [9.17, 15) is 9.59 Å². The van der Waals surface area contributed by atoms with Gasteiger partial charge in [-0.1, -0.05) is 13.3 Å². The second-order valence-corrected chi connectivity index (χ2v) is 5.20. The summed E-state index contributed by atoms with van der Waals surface area (Å²) in [4.78, 5) is 26.4. The number of hydrogen-bond acceptors (Lipinski definition) is 4. The second-order valence-electron chi connectivity index (χ2n) is 5.20. The van der Waals surface area contributed by atoms with Gasteiger partial charge in [0.2, 0.25) is 5.91 Å². The second kappa shape index (κ2) is 8.12. The monoisotopic (exact) mass is 271 g/mol. The molecule has 1 aliphatic heterocycles. The van der Waals surface area contributed by atoms with Crippen LogP contribution in [-0.4, -0.2) is 72.1 Å². The number of aliphatic carboxylic acids is 1. The molecule has 1 unspecified atom stereocenters. The molecule has 1 saturated heterocycles. The zero-order valence-corrected chi connectivity index (χ0v) is 11.9. The Hall–Kier alpha value is -1.14. The zero-order valence-electron chi connectivity index (χ0n) is 11.9. The van der Waals surface area contributed by atoms with Crippen molar-refractivity contribution in [2.75, 3.05) is 39.3 Å². The minimum atomic E-state index is -0.792. The van der Waals surface area contributed by atoms with E-state index >= 15 is 0 Å². The molecule has 0 aromatic rings. The third kappa shape index (κ3) is 6.54. The fourth-order valence-electron chi connectivity index (χ4n) is 2.33. The summed E-state index contributed by atoms with van der Waals surface area (Å²) >= 11 is 0. The minimum absolute atomic E-state index is 0.0626. The molecular weight excluding hydrogens is 246 g/mol. The number of amides is 1. The first-order chi connectivity index (χ1) is 9.01. The quantitative estimate of drug-likeness (QED) is 0.681. The Morgan fingerprint density at radius 1 is 1.16 bits per heavy atom. The van der Waals surface area contributed by atoms with Gasteiger partial charge in [-0.3, -0.25) is 19.4 Å². The molecule has 6 nitrogen and oxygen atoms in total. The predicted octanol–water partition coefficient (Wildman–Crippen LogP) is -0.00660. The lowest BCUT2D eigenvalue weighted by molar-refractivity contribution is -0.139. The van der Waals surface area contributed by atoms with E-state index < -0.39 is 5.97 Å². The fourth-order valence-corrected chi connectivity index (χ4v) is 2.33. The van der Waals surface area contributed by atoms with Crippen molar-refractivity contribution in [3.8, 4) is 0 Å². The normalized spacial score (nSPS) is 19.1. The summed E-state index contributed by atoms with van der Waals surface area (Å²) in [5.74, 6) is -0.729. The summed E-state index contributed by atoms with van der Waals surface area (Å²) in [7, 11) is 0. The molecule has 1 aliphatic rings. The van der Waals surface area contributed by atoms with E-state index in [0.29, 0.717) is 19.6 Å². The number of piperazine rings is 1. The third-order valence-corrected chi connectivity index (χ3v) is 3.32. The van der Waals surface area contributed by atoms with Crippen LogP contribution in [0.5, 0.6) is 0 Å². The zero-order chi connectivity index (χ0) is 14.3. The molecule has 0 spiro atoms. The first-order valence-electron chi connectivity index (χ1n) is 6.97. The van der Waals surface area contributed by atoms with Crippen molar-refractivity contribution in [2.24, 2.45) is 0 Å². The van der Waals surface area contributed by atoms with E-state index in [1.807, 2.05) is 11.8 Å². The molecule has 19 heavy (non-hydrogen) atoms. The lowest BCUT2D eigenvalue weighted by Crippen LogP contribution is -2.51. The Morgan fingerprint density at radius 3 is 2.16 bits per heavy atom. The van der Waals surface area contributed by atoms with E-state index in [4.69, 9.17) is 5.11 Å². The average molecular weight is 271 g/mol. The van der Waals surface area contributed by atoms with Gasteiger partial charge in [-0.15, -0.1) is 0 Å². The van der Waals surface area contributed by atoms with E-state index in [1.165, 1.54) is 0 Å². The average Bonchev–Trinajstić information content (AvgIpc) is 2.31. The van der Waals surface area contributed by atoms with Crippen molar-refractivity contribution in [3.63, 3.8) is 0 Å². The van der Waals surface area contributed by atoms with E-state index in [0.717, 1.165) is 25.9 Å². The van der Waals surface area contributed by atoms with E-state index in [-0.39, 0.29) is 18.5 Å². The summed E-state index contributed by atoms with van der Waals surface area (Å²) < 4.78 is 0. The molecule has 0 saturated carbocycles. The van der Waals surface area contributed by atoms with Crippen molar-refractivity contribution in [2.45, 2.75) is 32.7 Å². The van der Waals surface area contributed by atoms with Crippen LogP contribution in [-0.2, 0) is 9.59 Å². The van der Waals surface area contributed by atoms with Crippen LogP contribution in [0.3, 0.4) is 0 Å². The van der Waals surface area contributed by atoms with E-state index in [2.05, 4.69) is 17.1 Å². The fraction of sp³-hybridized carbons (Fsp3) is 0.846. The molecular formula is C13H25N3O3. The molecule has 0 aromatic heterocycles. The Bertz CT molecular complexity index is 302. The number of carbonyl (C=O) groups excluding carboxylic acids is 1. The maximum absolute atomic E-state index is 11.8. The molecule has 1 fully saturated rings. The van der Waals surface area contributed by atoms with Gasteiger partial charge < -0.3 is 10.4 Å². The van der Waals surface area contributed by atoms with Crippen LogP contribution in [0.15, 0.2) is 0 Å². The summed E-state index contributed by atoms with van der Waals surface area (Å²) in [6.07, 6.45) is 2.06. The number of nitrogens with zero attached hydrogens (tertiary/aromatic N) is 2. The van der Waals surface area contributed by atoms with Gasteiger partial charge in [-0.2, -0.15) is 0 Å². The van der Waals surface area contributed by atoms with Gasteiger partial charge in [0.05, 0.1) is 13.1 Å². The van der Waals surface area contributed by atoms with Crippen LogP contribution in [0.1, 0.15) is 26.7 Å². The number of rotatable bonds is 7. The van der Waals surface area contributed by atoms with Crippen molar-refractivity contribution >= 4 is 11.9 Å². The van der Waals surface area contributed by atoms with Crippen LogP contribution >= 0.6 is 0 Å². The van der Waals surface area contributed by atoms with Crippen LogP contribution in [0.2, 0.25) is 0 Å². The maximum atomic E-state index is 11.8. The van der Waals surface area contributed by atoms with Crippen LogP contribution in [0.4, 0.5) is 0 Å². The van der Waals surface area contributed by atoms with Gasteiger partial charge in [0.25, 0.3) is 0 Å². The topological polar surface area (TPSA) is 72.9 Å². The molecule has 0 aliphatic carbocycles. The molecule has 110 valence electrons. The van der Waals surface area contributed by atoms with Crippen LogP contribution < -0.4 is 5.32 Å². The van der Waals surface area contributed by atoms with E-state index in [1.54, 1.807) is 0 Å². The molecule has 2 N–H and O–H groups in total. The van der Waals surface area contributed by atoms with Crippen molar-refractivity contribution in [3.05, 3.63) is 0 Å². The van der Waals surface area contributed by atoms with Gasteiger partial charge in [0, 0.05) is 32.2 Å². The molecule has 0 bridgehead atoms. The highest BCUT2D eigenvalue weighted by atomic mass is 16.4. The molecule has 0 aromatic carbocycles. The smallest absolute Gasteiger partial charge is 0.317 e. The predicted molar refractivity (Wildman–Crippen MR) is 73.0 cm³/mol. The molecule has 0 radical (unpaired) electrons. The van der Waals surface area contributed by atoms with Gasteiger partial charge in [-0.05, 0) is 13.3 Å². The Labute approximate surface area is 114 Å². The largest absolute Gasteiger partial charge is 0.480 e. The number of carboxylic acid groups (broad SMARTS) is 1. The molecule has 1 heterocycles. The summed E-state index contributed by atoms with van der Waals surface area (Å²) in [5.41, 5.74) is 0. The molecule has 1 amide bonds. The first-order valence-corrected chi connectivity index (χ1v) is 6.97. The molecule has 1 rings (SSSR count). The van der Waals surface area contributed by atoms with Gasteiger partial charge >= 0.3 is 5.97 Å². The highest BCUT2D eigenvalue weighted by Crippen LogP contribution is 2.01. The van der Waals surface area contributed by atoms with Gasteiger partial charge in [-0.25, -0.2) is 0 Å². The Kier molecular flexibility index (Phi) is 6.80. The van der Waals surface area contributed by atoms with Crippen LogP contribution in [0, 0.1) is 0 Å². The van der Waals surface area contributed by atoms with Crippen molar-refractivity contribution < 1.29 is 14.7 Å². The number of carboxylic acids is 1. The third-order valence-electron chi connectivity index (χ3n) is 3.32. The Morgan fingerprint density at radius 2 is 1.68 bits per heavy atom. The summed E-state index contributed by atoms with van der Waals surface area (Å²) in [6.45, 7) is 7.55. The summed E-state index contributed by atoms with van der Waals surface area (Å²) in [5, 5.41) is 11.7. The number of hydrogen-bond donors (Lipinski definition) is 2. The highest BCUT2D eigenvalue weighted by Gasteiger charge is 2.20. The standard InChI is InChI=1S/C13H25N3O3/c1-3-4-11(2)14-12(17)9-15-5-7-16(8-6-15)10-13(18)19/h11H,3-10H2,1-2H3,(H,14,17)(H,18,19). The first kappa shape index (κ1) is 15.9. The SMILES string of the molecule is CCCC(C)NC(=O)CN1CCN(CC(=O)O)CC1. The van der Waals surface area contributed by atoms with Gasteiger partial charge in [0.15, 0.2) is 0 Å². The number of carbonyl (C=O) groups is 2. The molecule has 6 heteroatoms. The van der Waals surface area contributed by atoms with Gasteiger partial charge in [0.1, 0.15) is 0 Å². The van der Waals surface area contributed by atoms with Crippen molar-refractivity contribution in [1.29, 1.82) is 0 Å². The summed E-state index contributed by atoms with van der Waals surface area (Å²) in [6, 6.07) is 0.228. The lowest BCUT2D eigenvalue weighted by atomic mass is 10.2. The number of nitrogens with one attached hydrogen (secondary N) is 1.